The number of nitrogens with one attached hydrogen (secondary N) is 2. The van der Waals surface area contributed by atoms with E-state index in [2.05, 4.69) is 29.5 Å². The minimum atomic E-state index is -0.141. The van der Waals surface area contributed by atoms with Crippen LogP contribution in [0.4, 0.5) is 5.69 Å². The maximum atomic E-state index is 11.6. The number of hydrogen-bond acceptors (Lipinski definition) is 3. The highest BCUT2D eigenvalue weighted by molar-refractivity contribution is 5.92. The lowest BCUT2D eigenvalue weighted by molar-refractivity contribution is 0.0958. The van der Waals surface area contributed by atoms with E-state index in [0.717, 1.165) is 5.69 Å². The molecule has 0 aromatic carbocycles. The van der Waals surface area contributed by atoms with E-state index in [1.807, 2.05) is 12.1 Å². The summed E-state index contributed by atoms with van der Waals surface area (Å²) in [6.07, 6.45) is 6.82. The fourth-order valence-electron chi connectivity index (χ4n) is 3.12. The van der Waals surface area contributed by atoms with Gasteiger partial charge in [-0.1, -0.05) is 26.7 Å². The summed E-state index contributed by atoms with van der Waals surface area (Å²) >= 11 is 0. The smallest absolute Gasteiger partial charge is 0.269 e. The second-order valence-corrected chi connectivity index (χ2v) is 5.95. The molecule has 1 heterocycles. The number of anilines is 1. The van der Waals surface area contributed by atoms with Crippen molar-refractivity contribution in [1.29, 1.82) is 0 Å². The van der Waals surface area contributed by atoms with Crippen LogP contribution in [-0.4, -0.2) is 24.0 Å². The highest BCUT2D eigenvalue weighted by Crippen LogP contribution is 2.32. The van der Waals surface area contributed by atoms with Crippen LogP contribution < -0.4 is 10.6 Å². The normalized spacial score (nSPS) is 22.6. The summed E-state index contributed by atoms with van der Waals surface area (Å²) in [5, 5.41) is 6.22. The summed E-state index contributed by atoms with van der Waals surface area (Å²) in [5.74, 6) is 1.26. The first-order valence-electron chi connectivity index (χ1n) is 7.56. The van der Waals surface area contributed by atoms with E-state index >= 15 is 0 Å². The summed E-state index contributed by atoms with van der Waals surface area (Å²) in [7, 11) is 1.63. The number of rotatable bonds is 4. The Labute approximate surface area is 121 Å². The van der Waals surface area contributed by atoms with Crippen molar-refractivity contribution < 1.29 is 4.79 Å². The van der Waals surface area contributed by atoms with Crippen molar-refractivity contribution in [1.82, 2.24) is 10.3 Å². The second kappa shape index (κ2) is 6.73. The fourth-order valence-corrected chi connectivity index (χ4v) is 3.12. The topological polar surface area (TPSA) is 54.0 Å². The Kier molecular flexibility index (Phi) is 4.99. The van der Waals surface area contributed by atoms with Gasteiger partial charge in [0, 0.05) is 25.0 Å². The van der Waals surface area contributed by atoms with Gasteiger partial charge in [-0.2, -0.15) is 0 Å². The van der Waals surface area contributed by atoms with Crippen molar-refractivity contribution >= 4 is 11.6 Å². The van der Waals surface area contributed by atoms with Crippen LogP contribution in [0.5, 0.6) is 0 Å². The molecule has 4 heteroatoms. The standard InChI is InChI=1S/C16H25N3O/c1-11(2)13-6-4-5-7-14(13)19-12-8-9-18-15(10-12)16(20)17-3/h8-11,13-14H,4-7H2,1-3H3,(H,17,20)(H,18,19). The molecule has 2 rings (SSSR count). The zero-order valence-electron chi connectivity index (χ0n) is 12.6. The lowest BCUT2D eigenvalue weighted by Crippen LogP contribution is -2.35. The molecule has 1 aliphatic carbocycles. The van der Waals surface area contributed by atoms with Crippen LogP contribution in [0.15, 0.2) is 18.3 Å². The van der Waals surface area contributed by atoms with E-state index in [0.29, 0.717) is 23.6 Å². The Morgan fingerprint density at radius 2 is 2.10 bits per heavy atom. The van der Waals surface area contributed by atoms with Gasteiger partial charge in [0.2, 0.25) is 0 Å². The number of pyridine rings is 1. The van der Waals surface area contributed by atoms with Gasteiger partial charge in [0.1, 0.15) is 5.69 Å². The number of amides is 1. The summed E-state index contributed by atoms with van der Waals surface area (Å²) < 4.78 is 0. The number of aromatic nitrogens is 1. The first-order valence-corrected chi connectivity index (χ1v) is 7.56. The molecule has 1 aliphatic rings. The van der Waals surface area contributed by atoms with E-state index < -0.39 is 0 Å². The predicted octanol–water partition coefficient (Wildman–Crippen LogP) is 3.07. The van der Waals surface area contributed by atoms with Gasteiger partial charge in [-0.25, -0.2) is 0 Å². The second-order valence-electron chi connectivity index (χ2n) is 5.95. The van der Waals surface area contributed by atoms with Gasteiger partial charge in [0.25, 0.3) is 5.91 Å². The maximum Gasteiger partial charge on any atom is 0.269 e. The van der Waals surface area contributed by atoms with Crippen molar-refractivity contribution in [3.63, 3.8) is 0 Å². The zero-order chi connectivity index (χ0) is 14.5. The average molecular weight is 275 g/mol. The third-order valence-corrected chi connectivity index (χ3v) is 4.25. The molecule has 4 nitrogen and oxygen atoms in total. The number of carbonyl (C=O) groups excluding carboxylic acids is 1. The molecule has 0 bridgehead atoms. The molecule has 1 amide bonds. The highest BCUT2D eigenvalue weighted by atomic mass is 16.1. The SMILES string of the molecule is CNC(=O)c1cc(NC2CCCCC2C(C)C)ccn1. The molecule has 2 N–H and O–H groups in total. The minimum Gasteiger partial charge on any atom is -0.382 e. The molecule has 0 spiro atoms. The molecule has 20 heavy (non-hydrogen) atoms. The first kappa shape index (κ1) is 14.8. The van der Waals surface area contributed by atoms with E-state index in [1.165, 1.54) is 25.7 Å². The monoisotopic (exact) mass is 275 g/mol. The lowest BCUT2D eigenvalue weighted by atomic mass is 9.78. The molecule has 1 aromatic heterocycles. The molecule has 0 radical (unpaired) electrons. The van der Waals surface area contributed by atoms with Crippen molar-refractivity contribution in [2.24, 2.45) is 11.8 Å². The maximum absolute atomic E-state index is 11.6. The Bertz CT molecular complexity index is 459. The molecule has 1 aromatic rings. The highest BCUT2D eigenvalue weighted by Gasteiger charge is 2.27. The van der Waals surface area contributed by atoms with Crippen LogP contribution in [-0.2, 0) is 0 Å². The number of nitrogens with zero attached hydrogens (tertiary/aromatic N) is 1. The van der Waals surface area contributed by atoms with E-state index in [4.69, 9.17) is 0 Å². The van der Waals surface area contributed by atoms with Gasteiger partial charge in [-0.3, -0.25) is 9.78 Å². The summed E-state index contributed by atoms with van der Waals surface area (Å²) in [6, 6.07) is 4.28. The molecule has 0 aliphatic heterocycles. The molecule has 0 saturated heterocycles. The molecule has 1 saturated carbocycles. The summed E-state index contributed by atoms with van der Waals surface area (Å²) in [6.45, 7) is 4.60. The third kappa shape index (κ3) is 3.50. The van der Waals surface area contributed by atoms with Gasteiger partial charge in [0.15, 0.2) is 0 Å². The van der Waals surface area contributed by atoms with Crippen molar-refractivity contribution in [2.45, 2.75) is 45.6 Å². The molecular weight excluding hydrogens is 250 g/mol. The van der Waals surface area contributed by atoms with Crippen molar-refractivity contribution in [3.8, 4) is 0 Å². The van der Waals surface area contributed by atoms with Crippen LogP contribution in [0.3, 0.4) is 0 Å². The Balaban J connectivity index is 2.10. The number of carbonyl (C=O) groups is 1. The first-order chi connectivity index (χ1) is 9.61. The van der Waals surface area contributed by atoms with Crippen LogP contribution in [0, 0.1) is 11.8 Å². The molecular formula is C16H25N3O. The summed E-state index contributed by atoms with van der Waals surface area (Å²) in [4.78, 5) is 15.7. The van der Waals surface area contributed by atoms with Crippen molar-refractivity contribution in [3.05, 3.63) is 24.0 Å². The largest absolute Gasteiger partial charge is 0.382 e. The zero-order valence-corrected chi connectivity index (χ0v) is 12.6. The molecule has 110 valence electrons. The van der Waals surface area contributed by atoms with Crippen LogP contribution in [0.2, 0.25) is 0 Å². The van der Waals surface area contributed by atoms with Gasteiger partial charge < -0.3 is 10.6 Å². The van der Waals surface area contributed by atoms with Gasteiger partial charge in [0.05, 0.1) is 0 Å². The van der Waals surface area contributed by atoms with E-state index in [9.17, 15) is 4.79 Å². The predicted molar refractivity (Wildman–Crippen MR) is 81.8 cm³/mol. The quantitative estimate of drug-likeness (QED) is 0.888. The van der Waals surface area contributed by atoms with Crippen LogP contribution in [0.25, 0.3) is 0 Å². The Morgan fingerprint density at radius 1 is 1.35 bits per heavy atom. The minimum absolute atomic E-state index is 0.141. The summed E-state index contributed by atoms with van der Waals surface area (Å²) in [5.41, 5.74) is 1.46. The average Bonchev–Trinajstić information content (AvgIpc) is 2.47. The molecule has 2 unspecified atom stereocenters. The fraction of sp³-hybridized carbons (Fsp3) is 0.625. The number of hydrogen-bond donors (Lipinski definition) is 2. The Morgan fingerprint density at radius 3 is 2.80 bits per heavy atom. The van der Waals surface area contributed by atoms with Gasteiger partial charge in [-0.05, 0) is 36.8 Å². The Hall–Kier alpha value is -1.58. The van der Waals surface area contributed by atoms with Crippen LogP contribution in [0.1, 0.15) is 50.0 Å². The molecule has 2 atom stereocenters. The van der Waals surface area contributed by atoms with Gasteiger partial charge >= 0.3 is 0 Å². The molecule has 1 fully saturated rings. The van der Waals surface area contributed by atoms with Gasteiger partial charge in [-0.15, -0.1) is 0 Å². The van der Waals surface area contributed by atoms with E-state index in [-0.39, 0.29) is 5.91 Å². The van der Waals surface area contributed by atoms with Crippen molar-refractivity contribution in [2.75, 3.05) is 12.4 Å². The van der Waals surface area contributed by atoms with Crippen LogP contribution >= 0.6 is 0 Å². The lowest BCUT2D eigenvalue weighted by Gasteiger charge is -2.35. The van der Waals surface area contributed by atoms with E-state index in [1.54, 1.807) is 13.2 Å². The third-order valence-electron chi connectivity index (χ3n) is 4.25.